The number of hydrogen-bond acceptors (Lipinski definition) is 5. The van der Waals surface area contributed by atoms with Crippen LogP contribution in [-0.4, -0.2) is 21.7 Å². The first kappa shape index (κ1) is 16.8. The van der Waals surface area contributed by atoms with Crippen LogP contribution in [0.2, 0.25) is 0 Å². The van der Waals surface area contributed by atoms with Gasteiger partial charge in [0.2, 0.25) is 5.95 Å². The van der Waals surface area contributed by atoms with Gasteiger partial charge in [0, 0.05) is 18.7 Å². The highest BCUT2D eigenvalue weighted by atomic mass is 19.1. The Morgan fingerprint density at radius 1 is 0.840 bits per heavy atom. The van der Waals surface area contributed by atoms with Crippen molar-refractivity contribution in [3.8, 4) is 0 Å². The Bertz CT molecular complexity index is 841. The zero-order chi connectivity index (χ0) is 17.5. The summed E-state index contributed by atoms with van der Waals surface area (Å²) in [6.07, 6.45) is 1.96. The molecule has 7 heteroatoms. The topological polar surface area (TPSA) is 62.7 Å². The molecule has 0 saturated carbocycles. The van der Waals surface area contributed by atoms with Gasteiger partial charge in [-0.25, -0.2) is 8.78 Å². The van der Waals surface area contributed by atoms with Gasteiger partial charge in [-0.2, -0.15) is 10.1 Å². The lowest BCUT2D eigenvalue weighted by Crippen LogP contribution is -2.11. The van der Waals surface area contributed by atoms with Crippen molar-refractivity contribution >= 4 is 11.8 Å². The molecule has 0 amide bonds. The molecule has 0 aliphatic carbocycles. The summed E-state index contributed by atoms with van der Waals surface area (Å²) in [5.74, 6) is 0.297. The van der Waals surface area contributed by atoms with Gasteiger partial charge in [-0.1, -0.05) is 36.4 Å². The Morgan fingerprint density at radius 3 is 2.24 bits per heavy atom. The van der Waals surface area contributed by atoms with Gasteiger partial charge in [0.15, 0.2) is 5.82 Å². The average molecular weight is 341 g/mol. The second-order valence-electron chi connectivity index (χ2n) is 5.38. The minimum Gasteiger partial charge on any atom is -0.364 e. The molecule has 0 aliphatic heterocycles. The van der Waals surface area contributed by atoms with E-state index in [1.165, 1.54) is 18.3 Å². The van der Waals surface area contributed by atoms with E-state index in [-0.39, 0.29) is 11.6 Å². The molecular weight excluding hydrogens is 324 g/mol. The summed E-state index contributed by atoms with van der Waals surface area (Å²) in [7, 11) is 0. The van der Waals surface area contributed by atoms with Crippen LogP contribution in [0.15, 0.2) is 54.7 Å². The molecule has 0 spiro atoms. The van der Waals surface area contributed by atoms with Crippen LogP contribution in [0.1, 0.15) is 11.1 Å². The lowest BCUT2D eigenvalue weighted by atomic mass is 10.1. The zero-order valence-corrected chi connectivity index (χ0v) is 13.4. The van der Waals surface area contributed by atoms with Gasteiger partial charge in [0.25, 0.3) is 0 Å². The van der Waals surface area contributed by atoms with Crippen molar-refractivity contribution in [3.63, 3.8) is 0 Å². The van der Waals surface area contributed by atoms with Gasteiger partial charge in [0.1, 0.15) is 11.6 Å². The minimum atomic E-state index is -0.278. The quantitative estimate of drug-likeness (QED) is 0.689. The SMILES string of the molecule is Fc1ccccc1CCNc1nncc(NCc2ccccc2F)n1. The summed E-state index contributed by atoms with van der Waals surface area (Å²) in [6.45, 7) is 0.763. The first-order valence-corrected chi connectivity index (χ1v) is 7.86. The largest absolute Gasteiger partial charge is 0.364 e. The highest BCUT2D eigenvalue weighted by Crippen LogP contribution is 2.11. The van der Waals surface area contributed by atoms with Crippen molar-refractivity contribution in [2.45, 2.75) is 13.0 Å². The van der Waals surface area contributed by atoms with Crippen LogP contribution in [0.25, 0.3) is 0 Å². The maximum atomic E-state index is 13.6. The van der Waals surface area contributed by atoms with Gasteiger partial charge < -0.3 is 10.6 Å². The molecule has 25 heavy (non-hydrogen) atoms. The normalized spacial score (nSPS) is 10.5. The standard InChI is InChI=1S/C18H17F2N5/c19-15-7-3-1-5-13(15)9-10-21-18-24-17(12-23-25-18)22-11-14-6-2-4-8-16(14)20/h1-8,12H,9-11H2,(H2,21,22,24,25). The third kappa shape index (κ3) is 4.69. The molecular formula is C18H17F2N5. The monoisotopic (exact) mass is 341 g/mol. The van der Waals surface area contributed by atoms with Crippen molar-refractivity contribution in [3.05, 3.63) is 77.5 Å². The predicted octanol–water partition coefficient (Wildman–Crippen LogP) is 3.42. The van der Waals surface area contributed by atoms with Gasteiger partial charge in [-0.3, -0.25) is 0 Å². The number of halogens is 2. The van der Waals surface area contributed by atoms with E-state index in [0.717, 1.165) is 0 Å². The summed E-state index contributed by atoms with van der Waals surface area (Å²) in [5.41, 5.74) is 1.16. The van der Waals surface area contributed by atoms with E-state index in [9.17, 15) is 8.78 Å². The third-order valence-corrected chi connectivity index (χ3v) is 3.61. The first-order chi connectivity index (χ1) is 12.2. The number of aromatic nitrogens is 3. The lowest BCUT2D eigenvalue weighted by Gasteiger charge is -2.08. The molecule has 0 saturated heterocycles. The zero-order valence-electron chi connectivity index (χ0n) is 13.4. The second kappa shape index (κ2) is 8.14. The Morgan fingerprint density at radius 2 is 1.52 bits per heavy atom. The lowest BCUT2D eigenvalue weighted by molar-refractivity contribution is 0.610. The molecule has 2 aromatic carbocycles. The van der Waals surface area contributed by atoms with E-state index in [1.54, 1.807) is 36.4 Å². The summed E-state index contributed by atoms with van der Waals surface area (Å²) < 4.78 is 27.2. The Hall–Kier alpha value is -3.09. The van der Waals surface area contributed by atoms with Crippen LogP contribution >= 0.6 is 0 Å². The van der Waals surface area contributed by atoms with Crippen LogP contribution in [0, 0.1) is 11.6 Å². The molecule has 0 bridgehead atoms. The van der Waals surface area contributed by atoms with E-state index in [1.807, 2.05) is 0 Å². The summed E-state index contributed by atoms with van der Waals surface area (Å²) in [4.78, 5) is 4.26. The number of anilines is 2. The Balaban J connectivity index is 1.54. The molecule has 128 valence electrons. The number of benzene rings is 2. The summed E-state index contributed by atoms with van der Waals surface area (Å²) in [6, 6.07) is 13.1. The maximum absolute atomic E-state index is 13.6. The number of hydrogen-bond donors (Lipinski definition) is 2. The van der Waals surface area contributed by atoms with Crippen LogP contribution in [-0.2, 0) is 13.0 Å². The molecule has 0 fully saturated rings. The van der Waals surface area contributed by atoms with Crippen molar-refractivity contribution < 1.29 is 8.78 Å². The maximum Gasteiger partial charge on any atom is 0.244 e. The fraction of sp³-hybridized carbons (Fsp3) is 0.167. The number of nitrogens with zero attached hydrogens (tertiary/aromatic N) is 3. The van der Waals surface area contributed by atoms with Crippen LogP contribution in [0.5, 0.6) is 0 Å². The van der Waals surface area contributed by atoms with E-state index >= 15 is 0 Å². The fourth-order valence-electron chi connectivity index (χ4n) is 2.30. The summed E-state index contributed by atoms with van der Waals surface area (Å²) in [5, 5.41) is 13.8. The molecule has 0 unspecified atom stereocenters. The molecule has 0 aliphatic rings. The molecule has 1 heterocycles. The first-order valence-electron chi connectivity index (χ1n) is 7.86. The highest BCUT2D eigenvalue weighted by molar-refractivity contribution is 5.38. The number of rotatable bonds is 7. The van der Waals surface area contributed by atoms with Crippen LogP contribution in [0.3, 0.4) is 0 Å². The van der Waals surface area contributed by atoms with Crippen molar-refractivity contribution in [2.24, 2.45) is 0 Å². The summed E-state index contributed by atoms with van der Waals surface area (Å²) >= 11 is 0. The van der Waals surface area contributed by atoms with E-state index in [4.69, 9.17) is 0 Å². The molecule has 3 rings (SSSR count). The Kier molecular flexibility index (Phi) is 5.46. The average Bonchev–Trinajstić information content (AvgIpc) is 2.63. The molecule has 0 radical (unpaired) electrons. The molecule has 0 atom stereocenters. The van der Waals surface area contributed by atoms with E-state index in [0.29, 0.717) is 42.4 Å². The van der Waals surface area contributed by atoms with Gasteiger partial charge >= 0.3 is 0 Å². The molecule has 3 aromatic rings. The van der Waals surface area contributed by atoms with Crippen LogP contribution in [0.4, 0.5) is 20.5 Å². The molecule has 2 N–H and O–H groups in total. The third-order valence-electron chi connectivity index (χ3n) is 3.61. The van der Waals surface area contributed by atoms with Gasteiger partial charge in [-0.15, -0.1) is 5.10 Å². The van der Waals surface area contributed by atoms with E-state index < -0.39 is 0 Å². The van der Waals surface area contributed by atoms with Crippen molar-refractivity contribution in [2.75, 3.05) is 17.2 Å². The van der Waals surface area contributed by atoms with Gasteiger partial charge in [0.05, 0.1) is 6.20 Å². The Labute approximate surface area is 144 Å². The van der Waals surface area contributed by atoms with Crippen molar-refractivity contribution in [1.82, 2.24) is 15.2 Å². The highest BCUT2D eigenvalue weighted by Gasteiger charge is 2.04. The molecule has 1 aromatic heterocycles. The predicted molar refractivity (Wildman–Crippen MR) is 92.1 cm³/mol. The second-order valence-corrected chi connectivity index (χ2v) is 5.38. The minimum absolute atomic E-state index is 0.233. The van der Waals surface area contributed by atoms with E-state index in [2.05, 4.69) is 25.8 Å². The fourth-order valence-corrected chi connectivity index (χ4v) is 2.30. The van der Waals surface area contributed by atoms with Gasteiger partial charge in [-0.05, 0) is 24.1 Å². The molecule has 5 nitrogen and oxygen atoms in total. The number of nitrogens with one attached hydrogen (secondary N) is 2. The smallest absolute Gasteiger partial charge is 0.244 e. The van der Waals surface area contributed by atoms with Crippen LogP contribution < -0.4 is 10.6 Å². The van der Waals surface area contributed by atoms with Crippen molar-refractivity contribution in [1.29, 1.82) is 0 Å².